The first-order chi connectivity index (χ1) is 15.0. The molecule has 0 bridgehead atoms. The molecule has 1 saturated heterocycles. The van der Waals surface area contributed by atoms with Crippen LogP contribution in [0.5, 0.6) is 0 Å². The lowest BCUT2D eigenvalue weighted by Gasteiger charge is -2.38. The molecular weight excluding hydrogens is 436 g/mol. The van der Waals surface area contributed by atoms with E-state index in [1.807, 2.05) is 6.26 Å². The maximum Gasteiger partial charge on any atom is 0.265 e. The second kappa shape index (κ2) is 9.11. The third kappa shape index (κ3) is 4.60. The fourth-order valence-corrected chi connectivity index (χ4v) is 4.21. The number of hydrogen-bond acceptors (Lipinski definition) is 5. The summed E-state index contributed by atoms with van der Waals surface area (Å²) < 4.78 is 1.29. The summed E-state index contributed by atoms with van der Waals surface area (Å²) in [5, 5.41) is 4.43. The summed E-state index contributed by atoms with van der Waals surface area (Å²) in [6.07, 6.45) is 3.58. The normalized spacial score (nSPS) is 13.8. The zero-order valence-corrected chi connectivity index (χ0v) is 18.4. The Bertz CT molecular complexity index is 1190. The van der Waals surface area contributed by atoms with E-state index in [1.54, 1.807) is 59.3 Å². The van der Waals surface area contributed by atoms with Crippen LogP contribution < -0.4 is 10.9 Å². The van der Waals surface area contributed by atoms with Crippen molar-refractivity contribution in [2.45, 2.75) is 18.3 Å². The summed E-state index contributed by atoms with van der Waals surface area (Å²) in [6, 6.07) is 12.1. The van der Waals surface area contributed by atoms with Crippen LogP contribution in [0.25, 0.3) is 11.0 Å². The van der Waals surface area contributed by atoms with Crippen molar-refractivity contribution in [1.29, 1.82) is 0 Å². The third-order valence-corrected chi connectivity index (χ3v) is 6.50. The largest absolute Gasteiger partial charge is 0.348 e. The number of rotatable bonds is 6. The molecule has 9 heteroatoms. The standard InChI is InChI=1S/C22H21ClN4O3S/c1-31-17-11-26(12-17)19(28)13-27-20-15(3-2-8-24-20)9-18(22(27)30)21(29)25-10-14-4-6-16(23)7-5-14/h2-9,17H,10-13H2,1H3,(H,25,29). The Morgan fingerprint density at radius 2 is 1.97 bits per heavy atom. The Labute approximate surface area is 188 Å². The smallest absolute Gasteiger partial charge is 0.265 e. The minimum Gasteiger partial charge on any atom is -0.348 e. The molecule has 3 aromatic rings. The first-order valence-electron chi connectivity index (χ1n) is 9.78. The SMILES string of the molecule is CSC1CN(C(=O)Cn2c(=O)c(C(=O)NCc3ccc(Cl)cc3)cc3cccnc32)C1. The number of carbonyl (C=O) groups is 2. The van der Waals surface area contributed by atoms with Crippen molar-refractivity contribution in [3.05, 3.63) is 75.2 Å². The van der Waals surface area contributed by atoms with E-state index in [9.17, 15) is 14.4 Å². The highest BCUT2D eigenvalue weighted by Crippen LogP contribution is 2.20. The fraction of sp³-hybridized carbons (Fsp3) is 0.273. The number of pyridine rings is 2. The van der Waals surface area contributed by atoms with Crippen LogP contribution in [-0.2, 0) is 17.9 Å². The van der Waals surface area contributed by atoms with Crippen LogP contribution in [0.4, 0.5) is 0 Å². The average Bonchev–Trinajstić information content (AvgIpc) is 2.74. The van der Waals surface area contributed by atoms with E-state index in [1.165, 1.54) is 10.6 Å². The van der Waals surface area contributed by atoms with E-state index in [-0.39, 0.29) is 24.6 Å². The molecule has 0 saturated carbocycles. The summed E-state index contributed by atoms with van der Waals surface area (Å²) in [5.74, 6) is -0.656. The molecule has 0 unspecified atom stereocenters. The van der Waals surface area contributed by atoms with Gasteiger partial charge >= 0.3 is 0 Å². The molecule has 1 aromatic carbocycles. The highest BCUT2D eigenvalue weighted by atomic mass is 35.5. The fourth-order valence-electron chi connectivity index (χ4n) is 3.42. The number of aromatic nitrogens is 2. The van der Waals surface area contributed by atoms with Crippen molar-refractivity contribution in [3.63, 3.8) is 0 Å². The lowest BCUT2D eigenvalue weighted by Crippen LogP contribution is -2.53. The Hall–Kier alpha value is -2.84. The predicted octanol–water partition coefficient (Wildman–Crippen LogP) is 2.55. The molecule has 1 fully saturated rings. The van der Waals surface area contributed by atoms with Crippen LogP contribution in [0.15, 0.2) is 53.5 Å². The van der Waals surface area contributed by atoms with Crippen LogP contribution in [0.1, 0.15) is 15.9 Å². The second-order valence-electron chi connectivity index (χ2n) is 7.33. The molecule has 2 amide bonds. The number of thioether (sulfide) groups is 1. The Morgan fingerprint density at radius 3 is 2.68 bits per heavy atom. The lowest BCUT2D eigenvalue weighted by molar-refractivity contribution is -0.134. The van der Waals surface area contributed by atoms with Gasteiger partial charge in [0.2, 0.25) is 5.91 Å². The van der Waals surface area contributed by atoms with Gasteiger partial charge in [0.25, 0.3) is 11.5 Å². The van der Waals surface area contributed by atoms with E-state index in [2.05, 4.69) is 10.3 Å². The molecule has 0 atom stereocenters. The van der Waals surface area contributed by atoms with Crippen LogP contribution in [0, 0.1) is 0 Å². The molecule has 0 spiro atoms. The van der Waals surface area contributed by atoms with Crippen LogP contribution >= 0.6 is 23.4 Å². The van der Waals surface area contributed by atoms with Crippen molar-refractivity contribution in [2.24, 2.45) is 0 Å². The molecule has 1 aliphatic rings. The molecule has 3 heterocycles. The van der Waals surface area contributed by atoms with E-state index in [0.29, 0.717) is 34.4 Å². The zero-order valence-electron chi connectivity index (χ0n) is 16.9. The quantitative estimate of drug-likeness (QED) is 0.616. The van der Waals surface area contributed by atoms with Gasteiger partial charge in [0.15, 0.2) is 0 Å². The minimum absolute atomic E-state index is 0.0205. The van der Waals surface area contributed by atoms with Gasteiger partial charge in [0.1, 0.15) is 17.8 Å². The molecular formula is C22H21ClN4O3S. The summed E-state index contributed by atoms with van der Waals surface area (Å²) in [4.78, 5) is 44.6. The number of halogens is 1. The molecule has 31 heavy (non-hydrogen) atoms. The second-order valence-corrected chi connectivity index (χ2v) is 8.91. The molecule has 2 aromatic heterocycles. The van der Waals surface area contributed by atoms with Crippen molar-refractivity contribution < 1.29 is 9.59 Å². The molecule has 7 nitrogen and oxygen atoms in total. The summed E-state index contributed by atoms with van der Waals surface area (Å²) in [6.45, 7) is 1.44. The van der Waals surface area contributed by atoms with E-state index < -0.39 is 11.5 Å². The number of nitrogens with zero attached hydrogens (tertiary/aromatic N) is 3. The highest BCUT2D eigenvalue weighted by molar-refractivity contribution is 7.99. The molecule has 0 aliphatic carbocycles. The topological polar surface area (TPSA) is 84.3 Å². The van der Waals surface area contributed by atoms with Crippen molar-refractivity contribution in [3.8, 4) is 0 Å². The number of benzene rings is 1. The minimum atomic E-state index is -0.532. The maximum atomic E-state index is 13.1. The van der Waals surface area contributed by atoms with E-state index in [0.717, 1.165) is 5.56 Å². The van der Waals surface area contributed by atoms with Gasteiger partial charge in [-0.15, -0.1) is 0 Å². The van der Waals surface area contributed by atoms with Crippen LogP contribution in [0.2, 0.25) is 5.02 Å². The van der Waals surface area contributed by atoms with Gasteiger partial charge in [-0.2, -0.15) is 11.8 Å². The van der Waals surface area contributed by atoms with Gasteiger partial charge in [-0.25, -0.2) is 4.98 Å². The highest BCUT2D eigenvalue weighted by Gasteiger charge is 2.30. The molecule has 1 aliphatic heterocycles. The van der Waals surface area contributed by atoms with Crippen LogP contribution in [-0.4, -0.2) is 50.9 Å². The number of nitrogens with one attached hydrogen (secondary N) is 1. The summed E-state index contributed by atoms with van der Waals surface area (Å²) in [7, 11) is 0. The van der Waals surface area contributed by atoms with Gasteiger partial charge in [0.05, 0.1) is 0 Å². The van der Waals surface area contributed by atoms with Gasteiger partial charge in [-0.1, -0.05) is 23.7 Å². The van der Waals surface area contributed by atoms with Gasteiger partial charge < -0.3 is 10.2 Å². The zero-order chi connectivity index (χ0) is 22.0. The van der Waals surface area contributed by atoms with Gasteiger partial charge in [-0.3, -0.25) is 19.0 Å². The van der Waals surface area contributed by atoms with E-state index >= 15 is 0 Å². The Morgan fingerprint density at radius 1 is 1.23 bits per heavy atom. The molecule has 160 valence electrons. The number of likely N-dealkylation sites (tertiary alicyclic amines) is 1. The Kier molecular flexibility index (Phi) is 6.29. The predicted molar refractivity (Wildman–Crippen MR) is 123 cm³/mol. The van der Waals surface area contributed by atoms with E-state index in [4.69, 9.17) is 11.6 Å². The van der Waals surface area contributed by atoms with Gasteiger partial charge in [-0.05, 0) is 42.2 Å². The van der Waals surface area contributed by atoms with Crippen molar-refractivity contribution in [1.82, 2.24) is 19.8 Å². The molecule has 4 rings (SSSR count). The van der Waals surface area contributed by atoms with Gasteiger partial charge in [0, 0.05) is 41.5 Å². The lowest BCUT2D eigenvalue weighted by atomic mass is 10.1. The number of fused-ring (bicyclic) bond motifs is 1. The van der Waals surface area contributed by atoms with Crippen molar-refractivity contribution in [2.75, 3.05) is 19.3 Å². The summed E-state index contributed by atoms with van der Waals surface area (Å²) in [5.41, 5.74) is 0.692. The number of carbonyl (C=O) groups excluding carboxylic acids is 2. The van der Waals surface area contributed by atoms with Crippen LogP contribution in [0.3, 0.4) is 0 Å². The Balaban J connectivity index is 1.59. The number of amides is 2. The molecule has 1 N–H and O–H groups in total. The molecule has 0 radical (unpaired) electrons. The average molecular weight is 457 g/mol. The van der Waals surface area contributed by atoms with Crippen molar-refractivity contribution >= 4 is 46.2 Å². The maximum absolute atomic E-state index is 13.1. The first kappa shape index (κ1) is 21.4. The first-order valence-corrected chi connectivity index (χ1v) is 11.4. The number of hydrogen-bond donors (Lipinski definition) is 1. The monoisotopic (exact) mass is 456 g/mol. The summed E-state index contributed by atoms with van der Waals surface area (Å²) >= 11 is 7.61. The third-order valence-electron chi connectivity index (χ3n) is 5.29.